The molecule has 1 heterocycles. The van der Waals surface area contributed by atoms with E-state index in [2.05, 4.69) is 14.7 Å². The van der Waals surface area contributed by atoms with Gasteiger partial charge in [0.2, 0.25) is 0 Å². The number of nitrogens with one attached hydrogen (secondary N) is 1. The summed E-state index contributed by atoms with van der Waals surface area (Å²) in [6.45, 7) is 0.681. The van der Waals surface area contributed by atoms with Crippen LogP contribution in [0.5, 0.6) is 0 Å². The van der Waals surface area contributed by atoms with E-state index >= 15 is 0 Å². The van der Waals surface area contributed by atoms with Gasteiger partial charge in [-0.2, -0.15) is 16.1 Å². The van der Waals surface area contributed by atoms with Gasteiger partial charge in [-0.25, -0.2) is 0 Å². The first-order valence-electron chi connectivity index (χ1n) is 6.71. The summed E-state index contributed by atoms with van der Waals surface area (Å²) in [5, 5.41) is 5.48. The molecule has 0 unspecified atom stereocenters. The maximum absolute atomic E-state index is 12.0. The number of nitrogens with zero attached hydrogens (tertiary/aromatic N) is 2. The SMILES string of the molecule is CSC(=NCCSCc1ccsn1)NC(=O)c1ccccc1. The highest BCUT2D eigenvalue weighted by Crippen LogP contribution is 2.11. The van der Waals surface area contributed by atoms with Crippen molar-refractivity contribution in [1.82, 2.24) is 9.69 Å². The van der Waals surface area contributed by atoms with Crippen LogP contribution in [0, 0.1) is 0 Å². The Hall–Kier alpha value is -1.31. The molecule has 2 aromatic rings. The zero-order valence-electron chi connectivity index (χ0n) is 12.2. The molecule has 0 atom stereocenters. The number of aliphatic imine (C=N–C) groups is 1. The van der Waals surface area contributed by atoms with E-state index in [0.717, 1.165) is 17.2 Å². The standard InChI is InChI=1S/C15H17N3OS3/c1-20-15(17-14(19)12-5-3-2-4-6-12)16-8-10-21-11-13-7-9-22-18-13/h2-7,9H,8,10-11H2,1H3,(H,16,17,19). The summed E-state index contributed by atoms with van der Waals surface area (Å²) in [6, 6.07) is 11.2. The predicted molar refractivity (Wildman–Crippen MR) is 98.0 cm³/mol. The number of hydrogen-bond acceptors (Lipinski definition) is 6. The van der Waals surface area contributed by atoms with Crippen molar-refractivity contribution in [3.05, 3.63) is 53.0 Å². The van der Waals surface area contributed by atoms with Gasteiger partial charge in [-0.3, -0.25) is 9.79 Å². The monoisotopic (exact) mass is 351 g/mol. The van der Waals surface area contributed by atoms with Crippen LogP contribution in [-0.4, -0.2) is 34.0 Å². The van der Waals surface area contributed by atoms with Crippen LogP contribution < -0.4 is 5.32 Å². The first-order chi connectivity index (χ1) is 10.8. The number of amidine groups is 1. The second-order valence-electron chi connectivity index (χ2n) is 4.25. The molecule has 1 aromatic carbocycles. The number of rotatable bonds is 6. The highest BCUT2D eigenvalue weighted by molar-refractivity contribution is 8.13. The molecule has 0 aliphatic heterocycles. The molecule has 1 N–H and O–H groups in total. The van der Waals surface area contributed by atoms with Crippen molar-refractivity contribution in [2.45, 2.75) is 5.75 Å². The van der Waals surface area contributed by atoms with Gasteiger partial charge in [-0.15, -0.1) is 0 Å². The van der Waals surface area contributed by atoms with Gasteiger partial charge in [0.15, 0.2) is 5.17 Å². The van der Waals surface area contributed by atoms with Gasteiger partial charge in [0.05, 0.1) is 12.2 Å². The highest BCUT2D eigenvalue weighted by Gasteiger charge is 2.07. The van der Waals surface area contributed by atoms with Gasteiger partial charge >= 0.3 is 0 Å². The molecule has 0 spiro atoms. The molecule has 22 heavy (non-hydrogen) atoms. The lowest BCUT2D eigenvalue weighted by Crippen LogP contribution is -2.28. The lowest BCUT2D eigenvalue weighted by atomic mass is 10.2. The molecule has 2 rings (SSSR count). The fourth-order valence-corrected chi connectivity index (χ4v) is 3.39. The third kappa shape index (κ3) is 5.82. The van der Waals surface area contributed by atoms with Crippen LogP contribution >= 0.6 is 35.1 Å². The Kier molecular flexibility index (Phi) is 7.48. The van der Waals surface area contributed by atoms with Gasteiger partial charge in [-0.1, -0.05) is 30.0 Å². The fourth-order valence-electron chi connectivity index (χ4n) is 1.61. The lowest BCUT2D eigenvalue weighted by molar-refractivity contribution is 0.0978. The largest absolute Gasteiger partial charge is 0.301 e. The lowest BCUT2D eigenvalue weighted by Gasteiger charge is -2.06. The molecule has 1 aromatic heterocycles. The van der Waals surface area contributed by atoms with Crippen LogP contribution in [0.2, 0.25) is 0 Å². The summed E-state index contributed by atoms with van der Waals surface area (Å²) in [6.07, 6.45) is 1.91. The molecule has 0 radical (unpaired) electrons. The van der Waals surface area contributed by atoms with Crippen LogP contribution in [0.4, 0.5) is 0 Å². The summed E-state index contributed by atoms with van der Waals surface area (Å²) in [7, 11) is 0. The molecule has 0 saturated carbocycles. The van der Waals surface area contributed by atoms with E-state index in [4.69, 9.17) is 0 Å². The van der Waals surface area contributed by atoms with E-state index in [9.17, 15) is 4.79 Å². The second kappa shape index (κ2) is 9.66. The average molecular weight is 352 g/mol. The Labute approximate surface area is 143 Å². The Bertz CT molecular complexity index is 600. The number of thioether (sulfide) groups is 2. The number of aromatic nitrogens is 1. The second-order valence-corrected chi connectivity index (χ2v) is 6.82. The molecular weight excluding hydrogens is 334 g/mol. The Morgan fingerprint density at radius 3 is 2.82 bits per heavy atom. The van der Waals surface area contributed by atoms with Gasteiger partial charge < -0.3 is 5.32 Å². The predicted octanol–water partition coefficient (Wildman–Crippen LogP) is 3.53. The van der Waals surface area contributed by atoms with Gasteiger partial charge in [0, 0.05) is 22.4 Å². The third-order valence-corrected chi connectivity index (χ3v) is 4.87. The summed E-state index contributed by atoms with van der Waals surface area (Å²) in [5.41, 5.74) is 1.75. The molecule has 0 aliphatic rings. The maximum atomic E-state index is 12.0. The Morgan fingerprint density at radius 2 is 2.14 bits per heavy atom. The van der Waals surface area contributed by atoms with Crippen molar-refractivity contribution < 1.29 is 4.79 Å². The number of benzene rings is 1. The van der Waals surface area contributed by atoms with Gasteiger partial charge in [-0.05, 0) is 36.0 Å². The van der Waals surface area contributed by atoms with Crippen LogP contribution in [0.1, 0.15) is 16.1 Å². The van der Waals surface area contributed by atoms with E-state index in [1.165, 1.54) is 23.3 Å². The molecule has 0 fully saturated rings. The molecule has 4 nitrogen and oxygen atoms in total. The molecule has 0 bridgehead atoms. The Balaban J connectivity index is 1.74. The van der Waals surface area contributed by atoms with E-state index in [1.807, 2.05) is 35.9 Å². The number of hydrogen-bond donors (Lipinski definition) is 1. The minimum atomic E-state index is -0.121. The van der Waals surface area contributed by atoms with Gasteiger partial charge in [0.25, 0.3) is 5.91 Å². The fraction of sp³-hybridized carbons (Fsp3) is 0.267. The Morgan fingerprint density at radius 1 is 1.32 bits per heavy atom. The zero-order chi connectivity index (χ0) is 15.6. The van der Waals surface area contributed by atoms with E-state index in [0.29, 0.717) is 17.3 Å². The topological polar surface area (TPSA) is 54.4 Å². The van der Waals surface area contributed by atoms with Gasteiger partial charge in [0.1, 0.15) is 0 Å². The normalized spacial score (nSPS) is 11.4. The molecule has 7 heteroatoms. The first-order valence-corrected chi connectivity index (χ1v) is 9.93. The van der Waals surface area contributed by atoms with Crippen molar-refractivity contribution in [1.29, 1.82) is 0 Å². The highest BCUT2D eigenvalue weighted by atomic mass is 32.2. The van der Waals surface area contributed by atoms with Crippen LogP contribution in [0.3, 0.4) is 0 Å². The number of carbonyl (C=O) groups is 1. The minimum Gasteiger partial charge on any atom is -0.301 e. The minimum absolute atomic E-state index is 0.121. The van der Waals surface area contributed by atoms with Crippen LogP contribution in [0.25, 0.3) is 0 Å². The van der Waals surface area contributed by atoms with Crippen molar-refractivity contribution in [3.63, 3.8) is 0 Å². The quantitative estimate of drug-likeness (QED) is 0.491. The third-order valence-electron chi connectivity index (χ3n) is 2.68. The first kappa shape index (κ1) is 17.1. The van der Waals surface area contributed by atoms with Crippen LogP contribution in [-0.2, 0) is 5.75 Å². The summed E-state index contributed by atoms with van der Waals surface area (Å²) in [5.74, 6) is 1.69. The summed E-state index contributed by atoms with van der Waals surface area (Å²) in [4.78, 5) is 16.5. The van der Waals surface area contributed by atoms with E-state index in [1.54, 1.807) is 23.9 Å². The van der Waals surface area contributed by atoms with Crippen molar-refractivity contribution >= 4 is 46.1 Å². The molecular formula is C15H17N3OS3. The molecule has 1 amide bonds. The average Bonchev–Trinajstić information content (AvgIpc) is 3.07. The van der Waals surface area contributed by atoms with E-state index < -0.39 is 0 Å². The van der Waals surface area contributed by atoms with Crippen molar-refractivity contribution in [3.8, 4) is 0 Å². The molecule has 116 valence electrons. The van der Waals surface area contributed by atoms with Crippen LogP contribution in [0.15, 0.2) is 46.8 Å². The maximum Gasteiger partial charge on any atom is 0.257 e. The smallest absolute Gasteiger partial charge is 0.257 e. The summed E-state index contributed by atoms with van der Waals surface area (Å²) >= 11 is 4.72. The number of carbonyl (C=O) groups excluding carboxylic acids is 1. The summed E-state index contributed by atoms with van der Waals surface area (Å²) < 4.78 is 4.26. The molecule has 0 aliphatic carbocycles. The van der Waals surface area contributed by atoms with Crippen molar-refractivity contribution in [2.24, 2.45) is 4.99 Å². The molecule has 0 saturated heterocycles. The van der Waals surface area contributed by atoms with Crippen molar-refractivity contribution in [2.75, 3.05) is 18.6 Å². The van der Waals surface area contributed by atoms with E-state index in [-0.39, 0.29) is 5.91 Å². The number of amides is 1. The zero-order valence-corrected chi connectivity index (χ0v) is 14.6.